The van der Waals surface area contributed by atoms with E-state index in [1.165, 1.54) is 32.5 Å². The molecular formula is C18H29NO7S. The fourth-order valence-corrected chi connectivity index (χ4v) is 4.02. The van der Waals surface area contributed by atoms with E-state index < -0.39 is 41.4 Å². The summed E-state index contributed by atoms with van der Waals surface area (Å²) < 4.78 is 15.8. The molecule has 0 radical (unpaired) electrons. The summed E-state index contributed by atoms with van der Waals surface area (Å²) in [5, 5.41) is 2.49. The minimum Gasteiger partial charge on any atom is -0.465 e. The predicted molar refractivity (Wildman–Crippen MR) is 100.0 cm³/mol. The van der Waals surface area contributed by atoms with Crippen LogP contribution < -0.4 is 5.32 Å². The molecule has 0 aliphatic carbocycles. The van der Waals surface area contributed by atoms with Crippen LogP contribution in [0.2, 0.25) is 0 Å². The number of carbonyl (C=O) groups excluding carboxylic acids is 4. The second-order valence-electron chi connectivity index (χ2n) is 6.71. The molecule has 154 valence electrons. The highest BCUT2D eigenvalue weighted by Crippen LogP contribution is 2.31. The number of thioether (sulfide) groups is 1. The van der Waals surface area contributed by atoms with Gasteiger partial charge in [-0.05, 0) is 5.92 Å². The fraction of sp³-hybridized carbons (Fsp3) is 0.778. The van der Waals surface area contributed by atoms with Crippen molar-refractivity contribution in [1.29, 1.82) is 0 Å². The number of carbonyl (C=O) groups is 4. The molecule has 0 bridgehead atoms. The number of rotatable bonds is 8. The molecule has 0 aromatic carbocycles. The third kappa shape index (κ3) is 8.19. The van der Waals surface area contributed by atoms with Gasteiger partial charge < -0.3 is 19.5 Å². The molecule has 5 atom stereocenters. The van der Waals surface area contributed by atoms with Gasteiger partial charge in [-0.25, -0.2) is 0 Å². The Morgan fingerprint density at radius 3 is 2.15 bits per heavy atom. The second kappa shape index (κ2) is 11.2. The molecule has 0 spiro atoms. The van der Waals surface area contributed by atoms with Gasteiger partial charge in [0.15, 0.2) is 12.2 Å². The van der Waals surface area contributed by atoms with Crippen molar-refractivity contribution < 1.29 is 33.4 Å². The van der Waals surface area contributed by atoms with E-state index in [0.717, 1.165) is 6.42 Å². The van der Waals surface area contributed by atoms with E-state index in [-0.39, 0.29) is 18.4 Å². The molecule has 0 aromatic heterocycles. The summed E-state index contributed by atoms with van der Waals surface area (Å²) in [4.78, 5) is 46.6. The first-order chi connectivity index (χ1) is 12.6. The van der Waals surface area contributed by atoms with Gasteiger partial charge in [0, 0.05) is 32.9 Å². The summed E-state index contributed by atoms with van der Waals surface area (Å²) in [5.74, 6) is -1.02. The van der Waals surface area contributed by atoms with Crippen LogP contribution in [0, 0.1) is 5.92 Å². The predicted octanol–water partition coefficient (Wildman–Crippen LogP) is 1.45. The molecule has 27 heavy (non-hydrogen) atoms. The molecule has 1 fully saturated rings. The molecule has 8 nitrogen and oxygen atoms in total. The average Bonchev–Trinajstić information content (AvgIpc) is 2.55. The quantitative estimate of drug-likeness (QED) is 0.479. The molecule has 0 saturated carbocycles. The number of hydrogen-bond acceptors (Lipinski definition) is 8. The zero-order valence-corrected chi connectivity index (χ0v) is 17.3. The first-order valence-electron chi connectivity index (χ1n) is 9.02. The standard InChI is InChI=1S/C18H29NO7S/c1-6-10(2)7-16(23)19-14-9-27-15(8-24-11(3)20)18(26-13(5)22)17(14)25-12(4)21/h10,14-15,17-18H,6-9H2,1-5H3,(H,19,23)/t10-,14?,15?,17?,18?/m0/s1. The van der Waals surface area contributed by atoms with Crippen LogP contribution in [-0.2, 0) is 33.4 Å². The van der Waals surface area contributed by atoms with Crippen molar-refractivity contribution in [3.05, 3.63) is 0 Å². The number of amides is 1. The Hall–Kier alpha value is -1.77. The lowest BCUT2D eigenvalue weighted by Gasteiger charge is -2.41. The van der Waals surface area contributed by atoms with Crippen molar-refractivity contribution in [2.75, 3.05) is 12.4 Å². The third-order valence-electron chi connectivity index (χ3n) is 4.21. The van der Waals surface area contributed by atoms with Crippen molar-refractivity contribution in [3.63, 3.8) is 0 Å². The molecule has 1 heterocycles. The van der Waals surface area contributed by atoms with Gasteiger partial charge in [0.1, 0.15) is 6.61 Å². The second-order valence-corrected chi connectivity index (χ2v) is 7.99. The lowest BCUT2D eigenvalue weighted by molar-refractivity contribution is -0.169. The van der Waals surface area contributed by atoms with Crippen LogP contribution in [0.15, 0.2) is 0 Å². The zero-order chi connectivity index (χ0) is 20.6. The van der Waals surface area contributed by atoms with Gasteiger partial charge in [-0.2, -0.15) is 0 Å². The summed E-state index contributed by atoms with van der Waals surface area (Å²) >= 11 is 1.40. The van der Waals surface area contributed by atoms with Crippen LogP contribution in [0.5, 0.6) is 0 Å². The molecule has 0 aromatic rings. The number of nitrogens with one attached hydrogen (secondary N) is 1. The smallest absolute Gasteiger partial charge is 0.303 e. The van der Waals surface area contributed by atoms with E-state index in [1.54, 1.807) is 0 Å². The molecular weight excluding hydrogens is 374 g/mol. The highest BCUT2D eigenvalue weighted by molar-refractivity contribution is 8.00. The van der Waals surface area contributed by atoms with Crippen molar-refractivity contribution in [2.24, 2.45) is 5.92 Å². The molecule has 1 N–H and O–H groups in total. The van der Waals surface area contributed by atoms with Gasteiger partial charge in [0.2, 0.25) is 5.91 Å². The number of esters is 3. The molecule has 1 aliphatic heterocycles. The van der Waals surface area contributed by atoms with Gasteiger partial charge in [0.25, 0.3) is 0 Å². The van der Waals surface area contributed by atoms with E-state index in [9.17, 15) is 19.2 Å². The summed E-state index contributed by atoms with van der Waals surface area (Å²) in [5.41, 5.74) is 0. The van der Waals surface area contributed by atoms with E-state index >= 15 is 0 Å². The van der Waals surface area contributed by atoms with E-state index in [4.69, 9.17) is 14.2 Å². The topological polar surface area (TPSA) is 108 Å². The molecule has 9 heteroatoms. The monoisotopic (exact) mass is 403 g/mol. The highest BCUT2D eigenvalue weighted by Gasteiger charge is 2.45. The van der Waals surface area contributed by atoms with Crippen molar-refractivity contribution in [1.82, 2.24) is 5.32 Å². The third-order valence-corrected chi connectivity index (χ3v) is 5.59. The van der Waals surface area contributed by atoms with E-state index in [0.29, 0.717) is 12.2 Å². The minimum atomic E-state index is -0.853. The summed E-state index contributed by atoms with van der Waals surface area (Å²) in [7, 11) is 0. The largest absolute Gasteiger partial charge is 0.465 e. The van der Waals surface area contributed by atoms with Crippen LogP contribution >= 0.6 is 11.8 Å². The Kier molecular flexibility index (Phi) is 9.62. The Labute approximate surface area is 164 Å². The first kappa shape index (κ1) is 23.3. The Morgan fingerprint density at radius 1 is 1.04 bits per heavy atom. The summed E-state index contributed by atoms with van der Waals surface area (Å²) in [6.45, 7) is 7.80. The normalized spacial score (nSPS) is 25.8. The SMILES string of the molecule is CC[C@H](C)CC(=O)NC1CSC(COC(C)=O)C(OC(C)=O)C1OC(C)=O. The van der Waals surface area contributed by atoms with Crippen molar-refractivity contribution in [2.45, 2.75) is 71.0 Å². The minimum absolute atomic E-state index is 0.0171. The molecule has 4 unspecified atom stereocenters. The van der Waals surface area contributed by atoms with Crippen LogP contribution in [0.25, 0.3) is 0 Å². The lowest BCUT2D eigenvalue weighted by Crippen LogP contribution is -2.59. The molecule has 1 saturated heterocycles. The maximum Gasteiger partial charge on any atom is 0.303 e. The summed E-state index contributed by atoms with van der Waals surface area (Å²) in [6, 6.07) is -0.506. The molecule has 1 amide bonds. The molecule has 1 aliphatic rings. The van der Waals surface area contributed by atoms with E-state index in [1.807, 2.05) is 13.8 Å². The van der Waals surface area contributed by atoms with Crippen molar-refractivity contribution in [3.8, 4) is 0 Å². The summed E-state index contributed by atoms with van der Waals surface area (Å²) in [6.07, 6.45) is -0.451. The van der Waals surface area contributed by atoms with Crippen LogP contribution in [-0.4, -0.2) is 59.7 Å². The highest BCUT2D eigenvalue weighted by atomic mass is 32.2. The first-order valence-corrected chi connectivity index (χ1v) is 10.1. The zero-order valence-electron chi connectivity index (χ0n) is 16.5. The van der Waals surface area contributed by atoms with Gasteiger partial charge in [-0.15, -0.1) is 11.8 Å². The Balaban J connectivity index is 2.96. The van der Waals surface area contributed by atoms with E-state index in [2.05, 4.69) is 5.32 Å². The number of ether oxygens (including phenoxy) is 3. The fourth-order valence-electron chi connectivity index (χ4n) is 2.73. The Morgan fingerprint density at radius 2 is 1.63 bits per heavy atom. The van der Waals surface area contributed by atoms with Gasteiger partial charge in [-0.1, -0.05) is 20.3 Å². The number of hydrogen-bond donors (Lipinski definition) is 1. The van der Waals surface area contributed by atoms with Gasteiger partial charge in [0.05, 0.1) is 11.3 Å². The van der Waals surface area contributed by atoms with Crippen LogP contribution in [0.1, 0.15) is 47.5 Å². The lowest BCUT2D eigenvalue weighted by atomic mass is 10.0. The van der Waals surface area contributed by atoms with Gasteiger partial charge in [-0.3, -0.25) is 19.2 Å². The average molecular weight is 403 g/mol. The Bertz CT molecular complexity index is 554. The van der Waals surface area contributed by atoms with Crippen LogP contribution in [0.3, 0.4) is 0 Å². The maximum atomic E-state index is 12.3. The molecule has 1 rings (SSSR count). The van der Waals surface area contributed by atoms with Crippen LogP contribution in [0.4, 0.5) is 0 Å². The van der Waals surface area contributed by atoms with Gasteiger partial charge >= 0.3 is 17.9 Å². The maximum absolute atomic E-state index is 12.3. The van der Waals surface area contributed by atoms with Crippen molar-refractivity contribution >= 4 is 35.6 Å².